The number of aryl methyl sites for hydroxylation is 2. The highest BCUT2D eigenvalue weighted by Crippen LogP contribution is 2.32. The smallest absolute Gasteiger partial charge is 0.259 e. The molecule has 0 radical (unpaired) electrons. The van der Waals surface area contributed by atoms with Crippen LogP contribution in [0.3, 0.4) is 0 Å². The van der Waals surface area contributed by atoms with Crippen molar-refractivity contribution < 1.29 is 14.1 Å². The van der Waals surface area contributed by atoms with Crippen molar-refractivity contribution in [3.8, 4) is 28.3 Å². The summed E-state index contributed by atoms with van der Waals surface area (Å²) in [6.45, 7) is 4.97. The summed E-state index contributed by atoms with van der Waals surface area (Å²) in [5.41, 5.74) is 5.01. The molecule has 0 atom stereocenters. The maximum absolute atomic E-state index is 13.1. The molecule has 0 fully saturated rings. The zero-order valence-corrected chi connectivity index (χ0v) is 20.9. The van der Waals surface area contributed by atoms with E-state index in [1.165, 1.54) is 0 Å². The number of hydrogen-bond acceptors (Lipinski definition) is 6. The number of nitrogens with one attached hydrogen (secondary N) is 1. The van der Waals surface area contributed by atoms with E-state index in [0.29, 0.717) is 40.3 Å². The number of benzene rings is 3. The summed E-state index contributed by atoms with van der Waals surface area (Å²) in [5.74, 6) is 1.35. The highest BCUT2D eigenvalue weighted by molar-refractivity contribution is 6.30. The van der Waals surface area contributed by atoms with Crippen molar-refractivity contribution >= 4 is 23.2 Å². The predicted molar refractivity (Wildman–Crippen MR) is 138 cm³/mol. The van der Waals surface area contributed by atoms with Crippen molar-refractivity contribution in [2.24, 2.45) is 0 Å². The molecule has 8 heteroatoms. The number of ether oxygens (including phenoxy) is 1. The number of anilines is 1. The monoisotopic (exact) mass is 490 g/mol. The molecule has 1 amide bonds. The number of carbonyl (C=O) groups is 1. The first kappa shape index (κ1) is 24.4. The largest absolute Gasteiger partial charge is 0.491 e. The van der Waals surface area contributed by atoms with Crippen LogP contribution in [0.25, 0.3) is 22.5 Å². The Morgan fingerprint density at radius 3 is 2.43 bits per heavy atom. The Morgan fingerprint density at radius 2 is 1.77 bits per heavy atom. The van der Waals surface area contributed by atoms with Gasteiger partial charge in [0.1, 0.15) is 12.4 Å². The molecule has 180 valence electrons. The second-order valence-corrected chi connectivity index (χ2v) is 8.93. The predicted octanol–water partition coefficient (Wildman–Crippen LogP) is 5.87. The van der Waals surface area contributed by atoms with Crippen LogP contribution in [-0.2, 0) is 0 Å². The second kappa shape index (κ2) is 10.7. The standard InChI is InChI=1S/C27H27ClN4O3/c1-17-15-20(26-29-18(2)35-31-26)6-11-23(17)19-5-12-24(25(16-19)34-14-13-32(3)4)27(33)30-22-9-7-21(28)8-10-22/h5-12,15-16H,13-14H2,1-4H3,(H,30,33). The van der Waals surface area contributed by atoms with Crippen LogP contribution >= 0.6 is 11.6 Å². The van der Waals surface area contributed by atoms with Crippen LogP contribution < -0.4 is 10.1 Å². The average Bonchev–Trinajstić information content (AvgIpc) is 3.26. The van der Waals surface area contributed by atoms with Crippen molar-refractivity contribution in [3.05, 3.63) is 82.7 Å². The molecular weight excluding hydrogens is 464 g/mol. The first-order valence-electron chi connectivity index (χ1n) is 11.2. The van der Waals surface area contributed by atoms with E-state index in [9.17, 15) is 4.79 Å². The van der Waals surface area contributed by atoms with Gasteiger partial charge in [0.05, 0.1) is 5.56 Å². The molecule has 1 N–H and O–H groups in total. The molecule has 0 aliphatic carbocycles. The Hall–Kier alpha value is -3.68. The first-order valence-corrected chi connectivity index (χ1v) is 11.6. The SMILES string of the molecule is Cc1nc(-c2ccc(-c3ccc(C(=O)Nc4ccc(Cl)cc4)c(OCCN(C)C)c3)c(C)c2)no1. The minimum absolute atomic E-state index is 0.252. The molecule has 0 bridgehead atoms. The molecule has 4 aromatic rings. The first-order chi connectivity index (χ1) is 16.8. The number of aromatic nitrogens is 2. The minimum Gasteiger partial charge on any atom is -0.491 e. The molecule has 35 heavy (non-hydrogen) atoms. The Kier molecular flexibility index (Phi) is 7.48. The van der Waals surface area contributed by atoms with Crippen molar-refractivity contribution in [2.75, 3.05) is 32.6 Å². The van der Waals surface area contributed by atoms with E-state index in [1.807, 2.05) is 56.3 Å². The number of amides is 1. The van der Waals surface area contributed by atoms with Crippen LogP contribution in [0.2, 0.25) is 5.02 Å². The zero-order valence-electron chi connectivity index (χ0n) is 20.1. The zero-order chi connectivity index (χ0) is 24.9. The fourth-order valence-electron chi connectivity index (χ4n) is 3.61. The van der Waals surface area contributed by atoms with Gasteiger partial charge in [0, 0.05) is 29.7 Å². The molecule has 0 saturated carbocycles. The Labute approximate surface area is 209 Å². The van der Waals surface area contributed by atoms with E-state index < -0.39 is 0 Å². The highest BCUT2D eigenvalue weighted by atomic mass is 35.5. The summed E-state index contributed by atoms with van der Waals surface area (Å²) in [4.78, 5) is 19.4. The summed E-state index contributed by atoms with van der Waals surface area (Å²) in [6, 6.07) is 18.6. The lowest BCUT2D eigenvalue weighted by Crippen LogP contribution is -2.21. The maximum Gasteiger partial charge on any atom is 0.259 e. The lowest BCUT2D eigenvalue weighted by molar-refractivity contribution is 0.102. The molecule has 3 aromatic carbocycles. The average molecular weight is 491 g/mol. The molecule has 7 nitrogen and oxygen atoms in total. The minimum atomic E-state index is -0.252. The summed E-state index contributed by atoms with van der Waals surface area (Å²) >= 11 is 5.96. The fraction of sp³-hybridized carbons (Fsp3) is 0.222. The van der Waals surface area contributed by atoms with Gasteiger partial charge in [-0.15, -0.1) is 0 Å². The highest BCUT2D eigenvalue weighted by Gasteiger charge is 2.16. The van der Waals surface area contributed by atoms with Gasteiger partial charge >= 0.3 is 0 Å². The van der Waals surface area contributed by atoms with Crippen LogP contribution in [0.15, 0.2) is 65.2 Å². The molecular formula is C27H27ClN4O3. The van der Waals surface area contributed by atoms with E-state index in [2.05, 4.69) is 15.5 Å². The molecule has 0 aliphatic heterocycles. The molecule has 0 saturated heterocycles. The third-order valence-corrected chi connectivity index (χ3v) is 5.70. The summed E-state index contributed by atoms with van der Waals surface area (Å²) in [5, 5.41) is 7.52. The van der Waals surface area contributed by atoms with Gasteiger partial charge in [-0.25, -0.2) is 0 Å². The van der Waals surface area contributed by atoms with Crippen molar-refractivity contribution in [3.63, 3.8) is 0 Å². The number of rotatable bonds is 8. The van der Waals surface area contributed by atoms with E-state index >= 15 is 0 Å². The number of halogens is 1. The summed E-state index contributed by atoms with van der Waals surface area (Å²) in [6.07, 6.45) is 0. The topological polar surface area (TPSA) is 80.5 Å². The normalized spacial score (nSPS) is 11.0. The molecule has 1 heterocycles. The third-order valence-electron chi connectivity index (χ3n) is 5.45. The van der Waals surface area contributed by atoms with Gasteiger partial charge < -0.3 is 19.5 Å². The van der Waals surface area contributed by atoms with Gasteiger partial charge in [-0.3, -0.25) is 4.79 Å². The van der Waals surface area contributed by atoms with E-state index in [4.69, 9.17) is 20.9 Å². The van der Waals surface area contributed by atoms with Crippen molar-refractivity contribution in [2.45, 2.75) is 13.8 Å². The van der Waals surface area contributed by atoms with E-state index in [-0.39, 0.29) is 5.91 Å². The van der Waals surface area contributed by atoms with Crippen LogP contribution in [0, 0.1) is 13.8 Å². The van der Waals surface area contributed by atoms with Crippen molar-refractivity contribution in [1.29, 1.82) is 0 Å². The lowest BCUT2D eigenvalue weighted by Gasteiger charge is -2.16. The van der Waals surface area contributed by atoms with E-state index in [1.54, 1.807) is 37.3 Å². The lowest BCUT2D eigenvalue weighted by atomic mass is 9.96. The van der Waals surface area contributed by atoms with Crippen LogP contribution in [0.1, 0.15) is 21.8 Å². The Bertz CT molecular complexity index is 1330. The molecule has 0 spiro atoms. The van der Waals surface area contributed by atoms with Gasteiger partial charge in [-0.2, -0.15) is 4.98 Å². The molecule has 0 aliphatic rings. The third kappa shape index (κ3) is 6.07. The van der Waals surface area contributed by atoms with Gasteiger partial charge in [0.25, 0.3) is 5.91 Å². The summed E-state index contributed by atoms with van der Waals surface area (Å²) < 4.78 is 11.2. The van der Waals surface area contributed by atoms with Crippen LogP contribution in [-0.4, -0.2) is 48.2 Å². The number of likely N-dealkylation sites (N-methyl/N-ethyl adjacent to an activating group) is 1. The number of carbonyl (C=O) groups excluding carboxylic acids is 1. The number of nitrogens with zero attached hydrogens (tertiary/aromatic N) is 3. The molecule has 1 aromatic heterocycles. The maximum atomic E-state index is 13.1. The van der Waals surface area contributed by atoms with Gasteiger partial charge in [-0.05, 0) is 80.2 Å². The van der Waals surface area contributed by atoms with E-state index in [0.717, 1.165) is 28.8 Å². The van der Waals surface area contributed by atoms with Gasteiger partial charge in [-0.1, -0.05) is 35.0 Å². The Morgan fingerprint density at radius 1 is 1.03 bits per heavy atom. The van der Waals surface area contributed by atoms with Crippen LogP contribution in [0.5, 0.6) is 5.75 Å². The fourth-order valence-corrected chi connectivity index (χ4v) is 3.74. The van der Waals surface area contributed by atoms with Gasteiger partial charge in [0.15, 0.2) is 0 Å². The second-order valence-electron chi connectivity index (χ2n) is 8.49. The van der Waals surface area contributed by atoms with Gasteiger partial charge in [0.2, 0.25) is 11.7 Å². The Balaban J connectivity index is 1.64. The molecule has 0 unspecified atom stereocenters. The molecule has 4 rings (SSSR count). The van der Waals surface area contributed by atoms with Crippen molar-refractivity contribution in [1.82, 2.24) is 15.0 Å². The van der Waals surface area contributed by atoms with Crippen LogP contribution in [0.4, 0.5) is 5.69 Å². The quantitative estimate of drug-likeness (QED) is 0.333. The summed E-state index contributed by atoms with van der Waals surface area (Å²) in [7, 11) is 3.95. The number of hydrogen-bond donors (Lipinski definition) is 1.